The van der Waals surface area contributed by atoms with E-state index in [0.717, 1.165) is 66.5 Å². The van der Waals surface area contributed by atoms with E-state index in [-0.39, 0.29) is 83.6 Å². The number of ether oxygens (including phenoxy) is 2. The summed E-state index contributed by atoms with van der Waals surface area (Å²) in [6.45, 7) is 2.47. The van der Waals surface area contributed by atoms with Crippen LogP contribution in [0.5, 0.6) is 11.5 Å². The molecule has 10 aliphatic rings. The van der Waals surface area contributed by atoms with Crippen LogP contribution in [0.25, 0.3) is 0 Å². The van der Waals surface area contributed by atoms with Crippen LogP contribution in [0.15, 0.2) is 120 Å². The number of phenols is 1. The zero-order valence-electron chi connectivity index (χ0n) is 53.3. The van der Waals surface area contributed by atoms with Gasteiger partial charge in [-0.2, -0.15) is 0 Å². The second-order valence-electron chi connectivity index (χ2n) is 29.7. The van der Waals surface area contributed by atoms with Gasteiger partial charge >= 0.3 is 0 Å². The second-order valence-corrected chi connectivity index (χ2v) is 32.2. The van der Waals surface area contributed by atoms with Crippen molar-refractivity contribution >= 4 is 21.6 Å². The molecule has 488 valence electrons. The molecule has 91 heavy (non-hydrogen) atoms. The maximum atomic E-state index is 13.4. The molecule has 8 aliphatic carbocycles. The molecule has 2 aliphatic heterocycles. The normalized spacial score (nSPS) is 37.9. The standard InChI is InChI=1S/C77H99N3O9S2/c1-2-46-32-51-36-65(85)68(89-69-37-52(33-54-16-10-28-79-54)56-22-29-80-74(78)62(56)45-91-90-44-53(43-82)73(69)87)39-58(51)59-38-66(86)70-49(35-57(46)59)21-27-75(41-55(83)17-20-67(70)88-31-30-81)42-61(47-12-4-3-5-13-47)60-34-48-14-6-7-15-50(48)40-77(26-11-25-76(77)23-8-9-24-76)63-18-19-64(84)72(75)71(60)63/h3-7,10,12-16,22,28,35-36,39,46,49,52-53,55,59-61,63-64,66-67,69-73,79-87H,2,8-9,11,17-20,23-26,29-34,37-38,40-45,78H2,1H3. The fourth-order valence-corrected chi connectivity index (χ4v) is 24.0. The maximum absolute atomic E-state index is 13.4. The number of phenolic OH excluding ortho intramolecular Hbond substituents is 1. The molecule has 14 rings (SSSR count). The molecule has 5 fully saturated rings. The highest BCUT2D eigenvalue weighted by Crippen LogP contribution is 2.73. The van der Waals surface area contributed by atoms with Gasteiger partial charge in [0, 0.05) is 77.1 Å². The number of aromatic amines is 1. The van der Waals surface area contributed by atoms with Crippen LogP contribution in [0.4, 0.5) is 0 Å². The van der Waals surface area contributed by atoms with Crippen molar-refractivity contribution in [3.63, 3.8) is 0 Å². The van der Waals surface area contributed by atoms with Gasteiger partial charge in [-0.3, -0.25) is 0 Å². The van der Waals surface area contributed by atoms with Crippen LogP contribution >= 0.6 is 21.6 Å². The Balaban J connectivity index is 0.885. The zero-order chi connectivity index (χ0) is 62.6. The van der Waals surface area contributed by atoms with Crippen LogP contribution in [0, 0.1) is 81.3 Å². The van der Waals surface area contributed by atoms with Crippen LogP contribution in [-0.2, 0) is 30.4 Å². The van der Waals surface area contributed by atoms with E-state index in [1.807, 2.05) is 24.4 Å². The number of fused-ring (bicyclic) bond motifs is 9. The summed E-state index contributed by atoms with van der Waals surface area (Å²) in [5, 5.41) is 89.0. The van der Waals surface area contributed by atoms with Gasteiger partial charge in [0.1, 0.15) is 11.9 Å². The molecular formula is C77H99N3O9S2. The molecule has 1 saturated heterocycles. The van der Waals surface area contributed by atoms with Crippen LogP contribution in [0.1, 0.15) is 155 Å². The molecule has 0 radical (unpaired) electrons. The number of benzene rings is 3. The van der Waals surface area contributed by atoms with Gasteiger partial charge in [-0.1, -0.05) is 132 Å². The first-order valence-electron chi connectivity index (χ1n) is 35.1. The zero-order valence-corrected chi connectivity index (χ0v) is 54.9. The highest BCUT2D eigenvalue weighted by atomic mass is 33.1. The quantitative estimate of drug-likeness (QED) is 0.0407. The number of nitrogens with two attached hydrogens (primary N) is 1. The number of hydrogen-bond acceptors (Lipinski definition) is 13. The summed E-state index contributed by atoms with van der Waals surface area (Å²) < 4.78 is 13.8. The van der Waals surface area contributed by atoms with Crippen LogP contribution in [-0.4, -0.2) is 115 Å². The lowest BCUT2D eigenvalue weighted by atomic mass is 9.39. The van der Waals surface area contributed by atoms with E-state index in [0.29, 0.717) is 74.7 Å². The van der Waals surface area contributed by atoms with E-state index in [9.17, 15) is 35.7 Å². The van der Waals surface area contributed by atoms with Gasteiger partial charge < -0.3 is 61.3 Å². The Hall–Kier alpha value is -4.66. The fourth-order valence-electron chi connectivity index (χ4n) is 21.5. The first-order chi connectivity index (χ1) is 44.3. The summed E-state index contributed by atoms with van der Waals surface area (Å²) in [5.41, 5.74) is 17.0. The first-order valence-corrected chi connectivity index (χ1v) is 37.6. The van der Waals surface area contributed by atoms with E-state index in [1.165, 1.54) is 67.2 Å². The largest absolute Gasteiger partial charge is 0.504 e. The Bertz CT molecular complexity index is 3370. The first kappa shape index (κ1) is 63.7. The molecule has 3 aromatic carbocycles. The Labute approximate surface area is 547 Å². The van der Waals surface area contributed by atoms with E-state index < -0.39 is 59.8 Å². The third-order valence-electron chi connectivity index (χ3n) is 25.4. The molecule has 11 N–H and O–H groups in total. The van der Waals surface area contributed by atoms with Gasteiger partial charge in [-0.15, -0.1) is 0 Å². The summed E-state index contributed by atoms with van der Waals surface area (Å²) in [6.07, 6.45) is 19.4. The van der Waals surface area contributed by atoms with Crippen molar-refractivity contribution in [2.24, 2.45) is 75.2 Å². The summed E-state index contributed by atoms with van der Waals surface area (Å²) in [6, 6.07) is 28.5. The number of aliphatic hydroxyl groups excluding tert-OH is 6. The second kappa shape index (κ2) is 26.9. The van der Waals surface area contributed by atoms with Gasteiger partial charge in [0.05, 0.1) is 43.7 Å². The van der Waals surface area contributed by atoms with Crippen molar-refractivity contribution in [2.75, 3.05) is 37.9 Å². The third kappa shape index (κ3) is 11.9. The topological polar surface area (TPSA) is 214 Å². The molecule has 19 unspecified atom stereocenters. The summed E-state index contributed by atoms with van der Waals surface area (Å²) in [4.78, 5) is 3.41. The number of aromatic nitrogens is 1. The number of hydrogen-bond donors (Lipinski definition) is 10. The Morgan fingerprint density at radius 3 is 2.40 bits per heavy atom. The number of aromatic hydroxyl groups is 1. The highest BCUT2D eigenvalue weighted by molar-refractivity contribution is 8.76. The molecule has 4 saturated carbocycles. The molecule has 14 heteroatoms. The van der Waals surface area contributed by atoms with Gasteiger partial charge in [0.25, 0.3) is 0 Å². The monoisotopic (exact) mass is 1270 g/mol. The average molecular weight is 1270 g/mol. The van der Waals surface area contributed by atoms with Crippen molar-refractivity contribution in [2.45, 2.75) is 184 Å². The molecule has 0 amide bonds. The smallest absolute Gasteiger partial charge is 0.161 e. The Morgan fingerprint density at radius 1 is 0.791 bits per heavy atom. The average Bonchev–Trinajstić information content (AvgIpc) is 1.62. The molecule has 0 bridgehead atoms. The van der Waals surface area contributed by atoms with Crippen molar-refractivity contribution in [1.82, 2.24) is 10.3 Å². The molecule has 1 aromatic heterocycles. The predicted octanol–water partition coefficient (Wildman–Crippen LogP) is 11.6. The number of allylic oxidation sites excluding steroid dienone is 3. The lowest BCUT2D eigenvalue weighted by Crippen LogP contribution is -2.61. The van der Waals surface area contributed by atoms with Gasteiger partial charge in [-0.05, 0) is 213 Å². The molecule has 3 heterocycles. The molecule has 4 aromatic rings. The minimum absolute atomic E-state index is 0.0169. The van der Waals surface area contributed by atoms with E-state index >= 15 is 0 Å². The Morgan fingerprint density at radius 2 is 1.60 bits per heavy atom. The lowest BCUT2D eigenvalue weighted by Gasteiger charge is -2.64. The fraction of sp³-hybridized carbons (Fsp3) is 0.610. The number of dihydropyridines is 1. The summed E-state index contributed by atoms with van der Waals surface area (Å²) >= 11 is 0. The predicted molar refractivity (Wildman–Crippen MR) is 361 cm³/mol. The minimum atomic E-state index is -1.08. The summed E-state index contributed by atoms with van der Waals surface area (Å²) in [7, 11) is 3.27. The van der Waals surface area contributed by atoms with Gasteiger partial charge in [0.15, 0.2) is 11.5 Å². The molecule has 19 atom stereocenters. The number of H-pyrrole nitrogens is 1. The van der Waals surface area contributed by atoms with Crippen molar-refractivity contribution in [1.29, 1.82) is 0 Å². The van der Waals surface area contributed by atoms with Crippen LogP contribution in [0.3, 0.4) is 0 Å². The SMILES string of the molecule is CCC1Cc2cc(O)c(OC3CC(Cc4ccc[nH]4)C4=CCNC(N)=C4CSSCC(CO)C3O)cc2C2CC(O)C3C(C#CC4(CC(O)CCC3OCCO)CC(c3ccccc3)C3Cc5ccccc5CC5(CCCC56CCCC6)C5CCC(O)C4C35)C=C12. The van der Waals surface area contributed by atoms with Crippen molar-refractivity contribution < 1.29 is 45.2 Å². The lowest BCUT2D eigenvalue weighted by molar-refractivity contribution is -0.166. The van der Waals surface area contributed by atoms with Gasteiger partial charge in [-0.25, -0.2) is 0 Å². The van der Waals surface area contributed by atoms with E-state index in [4.69, 9.17) is 15.2 Å². The van der Waals surface area contributed by atoms with Crippen LogP contribution in [0.2, 0.25) is 0 Å². The Kier molecular flexibility index (Phi) is 18.8. The van der Waals surface area contributed by atoms with Gasteiger partial charge in [0.2, 0.25) is 0 Å². The van der Waals surface area contributed by atoms with E-state index in [2.05, 4.69) is 102 Å². The van der Waals surface area contributed by atoms with Crippen LogP contribution < -0.4 is 15.8 Å². The van der Waals surface area contributed by atoms with E-state index in [1.54, 1.807) is 21.6 Å². The number of nitrogens with one attached hydrogen (secondary N) is 2. The highest BCUT2D eigenvalue weighted by Gasteiger charge is 2.67. The molecule has 12 nitrogen and oxygen atoms in total. The molecular weight excluding hydrogens is 1170 g/mol. The number of rotatable bonds is 10. The molecule has 3 spiro atoms. The third-order valence-corrected chi connectivity index (χ3v) is 27.8. The van der Waals surface area contributed by atoms with Crippen molar-refractivity contribution in [3.05, 3.63) is 153 Å². The van der Waals surface area contributed by atoms with Crippen molar-refractivity contribution in [3.8, 4) is 23.3 Å². The minimum Gasteiger partial charge on any atom is -0.504 e. The number of aliphatic hydroxyl groups is 6. The summed E-state index contributed by atoms with van der Waals surface area (Å²) in [5.74, 6) is 9.27. The maximum Gasteiger partial charge on any atom is 0.161 e.